The van der Waals surface area contributed by atoms with E-state index in [0.717, 1.165) is 11.4 Å². The Kier molecular flexibility index (Phi) is 3.37. The quantitative estimate of drug-likeness (QED) is 0.846. The van der Waals surface area contributed by atoms with Gasteiger partial charge in [-0.1, -0.05) is 11.6 Å². The molecule has 2 rings (SSSR count). The minimum Gasteiger partial charge on any atom is -0.478 e. The lowest BCUT2D eigenvalue weighted by atomic mass is 10.0. The molecular weight excluding hydrogens is 250 g/mol. The fourth-order valence-electron chi connectivity index (χ4n) is 1.76. The van der Waals surface area contributed by atoms with Crippen molar-refractivity contribution in [2.75, 3.05) is 5.75 Å². The molecule has 86 valence electrons. The fourth-order valence-corrected chi connectivity index (χ4v) is 2.98. The number of carbonyl (C=O) groups is 1. The van der Waals surface area contributed by atoms with Crippen molar-refractivity contribution in [3.05, 3.63) is 27.5 Å². The Labute approximate surface area is 102 Å². The summed E-state index contributed by atoms with van der Waals surface area (Å²) in [5.41, 5.74) is 1.81. The Morgan fingerprint density at radius 1 is 1.56 bits per heavy atom. The third-order valence-corrected chi connectivity index (χ3v) is 3.87. The monoisotopic (exact) mass is 259 g/mol. The number of aliphatic hydroxyl groups is 1. The molecule has 0 saturated carbocycles. The van der Waals surface area contributed by atoms with Gasteiger partial charge in [0.2, 0.25) is 0 Å². The molecule has 1 aromatic heterocycles. The molecule has 1 aliphatic rings. The molecule has 1 aromatic rings. The van der Waals surface area contributed by atoms with Crippen molar-refractivity contribution in [1.82, 2.24) is 4.98 Å². The van der Waals surface area contributed by atoms with Crippen molar-refractivity contribution in [3.8, 4) is 0 Å². The van der Waals surface area contributed by atoms with E-state index in [2.05, 4.69) is 4.98 Å². The molecule has 0 spiro atoms. The van der Waals surface area contributed by atoms with Crippen molar-refractivity contribution < 1.29 is 15.0 Å². The van der Waals surface area contributed by atoms with Gasteiger partial charge in [-0.15, -0.1) is 0 Å². The summed E-state index contributed by atoms with van der Waals surface area (Å²) in [6.07, 6.45) is 0.667. The maximum Gasteiger partial charge on any atom is 0.337 e. The first-order valence-electron chi connectivity index (χ1n) is 4.77. The van der Waals surface area contributed by atoms with E-state index in [1.165, 1.54) is 0 Å². The highest BCUT2D eigenvalue weighted by molar-refractivity contribution is 7.98. The largest absolute Gasteiger partial charge is 0.478 e. The van der Waals surface area contributed by atoms with Gasteiger partial charge in [-0.2, -0.15) is 11.8 Å². The number of aromatic nitrogens is 1. The number of hydrogen-bond acceptors (Lipinski definition) is 4. The van der Waals surface area contributed by atoms with Crippen LogP contribution in [0.25, 0.3) is 0 Å². The van der Waals surface area contributed by atoms with E-state index in [9.17, 15) is 4.79 Å². The van der Waals surface area contributed by atoms with E-state index in [1.54, 1.807) is 11.8 Å². The number of aromatic carboxylic acids is 1. The van der Waals surface area contributed by atoms with Gasteiger partial charge in [0, 0.05) is 5.75 Å². The predicted octanol–water partition coefficient (Wildman–Crippen LogP) is 1.71. The summed E-state index contributed by atoms with van der Waals surface area (Å²) in [5.74, 6) is 0.508. The number of hydrogen-bond donors (Lipinski definition) is 2. The Morgan fingerprint density at radius 2 is 2.31 bits per heavy atom. The van der Waals surface area contributed by atoms with Crippen LogP contribution in [0.2, 0.25) is 5.02 Å². The van der Waals surface area contributed by atoms with E-state index >= 15 is 0 Å². The molecule has 0 radical (unpaired) electrons. The van der Waals surface area contributed by atoms with Gasteiger partial charge in [0.15, 0.2) is 0 Å². The molecule has 0 fully saturated rings. The summed E-state index contributed by atoms with van der Waals surface area (Å²) in [4.78, 5) is 15.4. The highest BCUT2D eigenvalue weighted by Crippen LogP contribution is 2.31. The van der Waals surface area contributed by atoms with Crippen LogP contribution in [0.15, 0.2) is 0 Å². The number of rotatable bonds is 2. The van der Waals surface area contributed by atoms with Gasteiger partial charge in [-0.05, 0) is 17.7 Å². The number of fused-ring (bicyclic) bond motifs is 1. The summed E-state index contributed by atoms with van der Waals surface area (Å²) in [6.45, 7) is -0.336. The third-order valence-electron chi connectivity index (χ3n) is 2.49. The molecule has 0 aromatic carbocycles. The second-order valence-electron chi connectivity index (χ2n) is 3.44. The molecule has 2 heterocycles. The maximum absolute atomic E-state index is 11.2. The van der Waals surface area contributed by atoms with E-state index in [-0.39, 0.29) is 22.9 Å². The van der Waals surface area contributed by atoms with Gasteiger partial charge in [0.05, 0.1) is 28.6 Å². The van der Waals surface area contributed by atoms with Crippen LogP contribution in [0.4, 0.5) is 0 Å². The van der Waals surface area contributed by atoms with Gasteiger partial charge in [-0.25, -0.2) is 4.79 Å². The highest BCUT2D eigenvalue weighted by Gasteiger charge is 2.24. The van der Waals surface area contributed by atoms with Crippen LogP contribution in [-0.2, 0) is 18.8 Å². The van der Waals surface area contributed by atoms with Gasteiger partial charge < -0.3 is 10.2 Å². The Balaban J connectivity index is 2.67. The zero-order chi connectivity index (χ0) is 11.7. The number of thioether (sulfide) groups is 1. The van der Waals surface area contributed by atoms with E-state index in [4.69, 9.17) is 21.8 Å². The first-order valence-corrected chi connectivity index (χ1v) is 6.30. The van der Waals surface area contributed by atoms with Gasteiger partial charge in [0.25, 0.3) is 0 Å². The lowest BCUT2D eigenvalue weighted by Crippen LogP contribution is -2.15. The number of nitrogens with zero attached hydrogens (tertiary/aromatic N) is 1. The van der Waals surface area contributed by atoms with Crippen molar-refractivity contribution in [3.63, 3.8) is 0 Å². The normalized spacial score (nSPS) is 14.6. The van der Waals surface area contributed by atoms with Crippen molar-refractivity contribution in [1.29, 1.82) is 0 Å². The predicted molar refractivity (Wildman–Crippen MR) is 62.0 cm³/mol. The van der Waals surface area contributed by atoms with Gasteiger partial charge >= 0.3 is 5.97 Å². The number of pyridine rings is 1. The molecule has 6 heteroatoms. The minimum absolute atomic E-state index is 0.0700. The van der Waals surface area contributed by atoms with Crippen molar-refractivity contribution >= 4 is 29.3 Å². The summed E-state index contributed by atoms with van der Waals surface area (Å²) in [6, 6.07) is 0. The number of carboxylic acid groups (broad SMARTS) is 1. The van der Waals surface area contributed by atoms with Gasteiger partial charge in [-0.3, -0.25) is 4.98 Å². The second kappa shape index (κ2) is 4.61. The van der Waals surface area contributed by atoms with Gasteiger partial charge in [0.1, 0.15) is 0 Å². The molecule has 2 N–H and O–H groups in total. The summed E-state index contributed by atoms with van der Waals surface area (Å²) >= 11 is 7.63. The van der Waals surface area contributed by atoms with E-state index in [1.807, 2.05) is 0 Å². The standard InChI is InChI=1S/C10H10ClNO3S/c11-9-6(3-13)12-7-4-16-2-1-5(7)8(9)10(14)15/h13H,1-4H2,(H,14,15). The topological polar surface area (TPSA) is 70.4 Å². The third kappa shape index (κ3) is 1.90. The second-order valence-corrected chi connectivity index (χ2v) is 4.92. The Hall–Kier alpha value is -0.780. The lowest BCUT2D eigenvalue weighted by molar-refractivity contribution is 0.0695. The molecule has 4 nitrogen and oxygen atoms in total. The molecule has 0 atom stereocenters. The molecule has 0 unspecified atom stereocenters. The first kappa shape index (κ1) is 11.7. The minimum atomic E-state index is -1.05. The zero-order valence-electron chi connectivity index (χ0n) is 8.36. The van der Waals surface area contributed by atoms with E-state index < -0.39 is 5.97 Å². The molecule has 0 saturated heterocycles. The van der Waals surface area contributed by atoms with Crippen LogP contribution < -0.4 is 0 Å². The van der Waals surface area contributed by atoms with Crippen LogP contribution in [0.3, 0.4) is 0 Å². The van der Waals surface area contributed by atoms with E-state index in [0.29, 0.717) is 17.7 Å². The highest BCUT2D eigenvalue weighted by atomic mass is 35.5. The van der Waals surface area contributed by atoms with Crippen LogP contribution in [0, 0.1) is 0 Å². The number of halogens is 1. The smallest absolute Gasteiger partial charge is 0.337 e. The first-order chi connectivity index (χ1) is 7.65. The fraction of sp³-hybridized carbons (Fsp3) is 0.400. The summed E-state index contributed by atoms with van der Waals surface area (Å²) in [7, 11) is 0. The molecule has 0 aliphatic carbocycles. The molecule has 0 bridgehead atoms. The van der Waals surface area contributed by atoms with Crippen LogP contribution in [0.5, 0.6) is 0 Å². The Bertz CT molecular complexity index is 450. The number of aliphatic hydroxyl groups excluding tert-OH is 1. The van der Waals surface area contributed by atoms with Crippen LogP contribution in [0.1, 0.15) is 27.3 Å². The average Bonchev–Trinajstić information content (AvgIpc) is 2.27. The summed E-state index contributed by atoms with van der Waals surface area (Å²) < 4.78 is 0. The number of carboxylic acids is 1. The average molecular weight is 260 g/mol. The lowest BCUT2D eigenvalue weighted by Gasteiger charge is -2.19. The van der Waals surface area contributed by atoms with Crippen molar-refractivity contribution in [2.24, 2.45) is 0 Å². The SMILES string of the molecule is O=C(O)c1c(Cl)c(CO)nc2c1CCSC2. The zero-order valence-corrected chi connectivity index (χ0v) is 9.94. The summed E-state index contributed by atoms with van der Waals surface area (Å²) in [5, 5.41) is 18.3. The molecule has 1 aliphatic heterocycles. The maximum atomic E-state index is 11.2. The van der Waals surface area contributed by atoms with Crippen LogP contribution in [-0.4, -0.2) is 26.9 Å². The molecule has 16 heavy (non-hydrogen) atoms. The molecular formula is C10H10ClNO3S. The van der Waals surface area contributed by atoms with Crippen molar-refractivity contribution in [2.45, 2.75) is 18.8 Å². The Morgan fingerprint density at radius 3 is 2.94 bits per heavy atom. The van der Waals surface area contributed by atoms with Crippen LogP contribution >= 0.6 is 23.4 Å². The molecule has 0 amide bonds.